The van der Waals surface area contributed by atoms with E-state index in [1.807, 2.05) is 37.3 Å². The summed E-state index contributed by atoms with van der Waals surface area (Å²) in [6.45, 7) is 2.58. The van der Waals surface area contributed by atoms with Gasteiger partial charge in [0, 0.05) is 23.6 Å². The molecule has 5 heteroatoms. The van der Waals surface area contributed by atoms with Gasteiger partial charge in [-0.05, 0) is 25.5 Å². The molecule has 1 aliphatic carbocycles. The Balaban J connectivity index is 1.72. The van der Waals surface area contributed by atoms with E-state index in [2.05, 4.69) is 10.3 Å². The van der Waals surface area contributed by atoms with Crippen LogP contribution in [0.1, 0.15) is 23.8 Å². The van der Waals surface area contributed by atoms with Gasteiger partial charge in [-0.2, -0.15) is 0 Å². The first-order chi connectivity index (χ1) is 9.69. The lowest BCUT2D eigenvalue weighted by atomic mass is 9.83. The zero-order valence-corrected chi connectivity index (χ0v) is 11.4. The molecule has 4 N–H and O–H groups in total. The monoisotopic (exact) mass is 273 g/mol. The highest BCUT2D eigenvalue weighted by Gasteiger charge is 2.40. The van der Waals surface area contributed by atoms with Crippen molar-refractivity contribution in [2.45, 2.75) is 31.5 Å². The van der Waals surface area contributed by atoms with Crippen molar-refractivity contribution in [3.8, 4) is 0 Å². The number of ether oxygens (including phenoxy) is 1. The summed E-state index contributed by atoms with van der Waals surface area (Å²) in [6, 6.07) is 9.53. The smallest absolute Gasteiger partial charge is 0.268 e. The molecular formula is C15H19N3O2. The number of aromatic nitrogens is 1. The molecule has 20 heavy (non-hydrogen) atoms. The van der Waals surface area contributed by atoms with Gasteiger partial charge in [0.1, 0.15) is 5.69 Å². The van der Waals surface area contributed by atoms with Crippen LogP contribution in [0, 0.1) is 0 Å². The number of H-pyrrole nitrogens is 1. The van der Waals surface area contributed by atoms with Gasteiger partial charge in [-0.1, -0.05) is 18.2 Å². The number of nitrogens with one attached hydrogen (secondary N) is 2. The standard InChI is InChI=1S/C15H19N3O2/c1-2-20-13-8-10(16)14(13)18-15(19)12-7-9-5-3-4-6-11(9)17-12/h3-7,10,13-14,17H,2,8,16H2,1H3,(H,18,19). The van der Waals surface area contributed by atoms with E-state index in [1.54, 1.807) is 0 Å². The molecule has 3 unspecified atom stereocenters. The van der Waals surface area contributed by atoms with Gasteiger partial charge < -0.3 is 20.8 Å². The molecule has 2 aromatic rings. The predicted molar refractivity (Wildman–Crippen MR) is 77.6 cm³/mol. The minimum atomic E-state index is -0.133. The van der Waals surface area contributed by atoms with E-state index in [-0.39, 0.29) is 24.1 Å². The summed E-state index contributed by atoms with van der Waals surface area (Å²) < 4.78 is 5.55. The highest BCUT2D eigenvalue weighted by Crippen LogP contribution is 2.23. The summed E-state index contributed by atoms with van der Waals surface area (Å²) in [5.41, 5.74) is 7.45. The molecular weight excluding hydrogens is 254 g/mol. The minimum Gasteiger partial charge on any atom is -0.376 e. The normalized spacial score (nSPS) is 25.4. The summed E-state index contributed by atoms with van der Waals surface area (Å²) in [6.07, 6.45) is 0.828. The lowest BCUT2D eigenvalue weighted by Crippen LogP contribution is -2.64. The Labute approximate surface area is 117 Å². The van der Waals surface area contributed by atoms with Crippen molar-refractivity contribution in [1.82, 2.24) is 10.3 Å². The Hall–Kier alpha value is -1.85. The first kappa shape index (κ1) is 13.1. The molecule has 3 atom stereocenters. The second-order valence-corrected chi connectivity index (χ2v) is 5.16. The maximum absolute atomic E-state index is 12.3. The predicted octanol–water partition coefficient (Wildman–Crippen LogP) is 1.40. The molecule has 0 spiro atoms. The molecule has 0 bridgehead atoms. The van der Waals surface area contributed by atoms with Gasteiger partial charge in [-0.25, -0.2) is 0 Å². The molecule has 106 valence electrons. The topological polar surface area (TPSA) is 80.1 Å². The van der Waals surface area contributed by atoms with Crippen molar-refractivity contribution in [1.29, 1.82) is 0 Å². The molecule has 3 rings (SSSR count). The average molecular weight is 273 g/mol. The van der Waals surface area contributed by atoms with Crippen molar-refractivity contribution in [2.24, 2.45) is 5.73 Å². The van der Waals surface area contributed by atoms with Crippen molar-refractivity contribution >= 4 is 16.8 Å². The fourth-order valence-corrected chi connectivity index (χ4v) is 2.65. The number of carbonyl (C=O) groups is 1. The summed E-state index contributed by atoms with van der Waals surface area (Å²) in [7, 11) is 0. The molecule has 5 nitrogen and oxygen atoms in total. The van der Waals surface area contributed by atoms with Crippen LogP contribution in [0.15, 0.2) is 30.3 Å². The summed E-state index contributed by atoms with van der Waals surface area (Å²) in [5, 5.41) is 3.98. The van der Waals surface area contributed by atoms with Gasteiger partial charge in [-0.3, -0.25) is 4.79 Å². The molecule has 1 aromatic carbocycles. The van der Waals surface area contributed by atoms with Gasteiger partial charge in [0.15, 0.2) is 0 Å². The maximum atomic E-state index is 12.3. The number of amides is 1. The van der Waals surface area contributed by atoms with Crippen LogP contribution in [0.25, 0.3) is 10.9 Å². The number of rotatable bonds is 4. The molecule has 1 fully saturated rings. The Morgan fingerprint density at radius 3 is 3.00 bits per heavy atom. The zero-order valence-electron chi connectivity index (χ0n) is 11.4. The van der Waals surface area contributed by atoms with E-state index in [1.165, 1.54) is 0 Å². The van der Waals surface area contributed by atoms with Crippen LogP contribution < -0.4 is 11.1 Å². The van der Waals surface area contributed by atoms with Gasteiger partial charge in [0.05, 0.1) is 12.1 Å². The number of hydrogen-bond donors (Lipinski definition) is 3. The van der Waals surface area contributed by atoms with E-state index in [4.69, 9.17) is 10.5 Å². The molecule has 1 aromatic heterocycles. The van der Waals surface area contributed by atoms with Crippen molar-refractivity contribution in [3.63, 3.8) is 0 Å². The van der Waals surface area contributed by atoms with E-state index < -0.39 is 0 Å². The molecule has 1 amide bonds. The summed E-state index contributed by atoms with van der Waals surface area (Å²) in [4.78, 5) is 15.4. The number of carbonyl (C=O) groups excluding carboxylic acids is 1. The third-order valence-electron chi connectivity index (χ3n) is 3.82. The van der Waals surface area contributed by atoms with Crippen molar-refractivity contribution in [3.05, 3.63) is 36.0 Å². The zero-order chi connectivity index (χ0) is 14.1. The molecule has 0 saturated heterocycles. The van der Waals surface area contributed by atoms with E-state index in [9.17, 15) is 4.79 Å². The lowest BCUT2D eigenvalue weighted by molar-refractivity contribution is -0.0300. The fourth-order valence-electron chi connectivity index (χ4n) is 2.65. The van der Waals surface area contributed by atoms with Crippen molar-refractivity contribution < 1.29 is 9.53 Å². The van der Waals surface area contributed by atoms with Crippen LogP contribution in [0.2, 0.25) is 0 Å². The third-order valence-corrected chi connectivity index (χ3v) is 3.82. The van der Waals surface area contributed by atoms with Crippen LogP contribution >= 0.6 is 0 Å². The number of aromatic amines is 1. The van der Waals surface area contributed by atoms with Crippen LogP contribution in [-0.2, 0) is 4.74 Å². The second-order valence-electron chi connectivity index (χ2n) is 5.16. The van der Waals surface area contributed by atoms with Gasteiger partial charge in [0.2, 0.25) is 0 Å². The van der Waals surface area contributed by atoms with E-state index in [0.29, 0.717) is 12.3 Å². The number of benzene rings is 1. The average Bonchev–Trinajstić information content (AvgIpc) is 2.88. The number of fused-ring (bicyclic) bond motifs is 1. The first-order valence-corrected chi connectivity index (χ1v) is 6.95. The Morgan fingerprint density at radius 1 is 1.50 bits per heavy atom. The van der Waals surface area contributed by atoms with Crippen LogP contribution in [-0.4, -0.2) is 35.7 Å². The minimum absolute atomic E-state index is 0.0279. The first-order valence-electron chi connectivity index (χ1n) is 6.95. The second kappa shape index (κ2) is 5.26. The van der Waals surface area contributed by atoms with Crippen LogP contribution in [0.5, 0.6) is 0 Å². The largest absolute Gasteiger partial charge is 0.376 e. The molecule has 0 aliphatic heterocycles. The Kier molecular flexibility index (Phi) is 3.46. The lowest BCUT2D eigenvalue weighted by Gasteiger charge is -2.42. The van der Waals surface area contributed by atoms with Gasteiger partial charge in [-0.15, -0.1) is 0 Å². The molecule has 1 aliphatic rings. The van der Waals surface area contributed by atoms with Crippen LogP contribution in [0.3, 0.4) is 0 Å². The summed E-state index contributed by atoms with van der Waals surface area (Å²) in [5.74, 6) is -0.133. The van der Waals surface area contributed by atoms with Crippen molar-refractivity contribution in [2.75, 3.05) is 6.61 Å². The number of nitrogens with two attached hydrogens (primary N) is 1. The molecule has 1 heterocycles. The fraction of sp³-hybridized carbons (Fsp3) is 0.400. The highest BCUT2D eigenvalue weighted by molar-refractivity contribution is 5.98. The van der Waals surface area contributed by atoms with Gasteiger partial charge >= 0.3 is 0 Å². The highest BCUT2D eigenvalue weighted by atomic mass is 16.5. The van der Waals surface area contributed by atoms with E-state index >= 15 is 0 Å². The third kappa shape index (κ3) is 2.30. The molecule has 0 radical (unpaired) electrons. The van der Waals surface area contributed by atoms with Crippen LogP contribution in [0.4, 0.5) is 0 Å². The SMILES string of the molecule is CCOC1CC(N)C1NC(=O)c1cc2ccccc2[nH]1. The quantitative estimate of drug-likeness (QED) is 0.787. The Bertz CT molecular complexity index is 587. The molecule has 1 saturated carbocycles. The number of para-hydroxylation sites is 1. The Morgan fingerprint density at radius 2 is 2.30 bits per heavy atom. The number of hydrogen-bond acceptors (Lipinski definition) is 3. The van der Waals surface area contributed by atoms with E-state index in [0.717, 1.165) is 17.3 Å². The summed E-state index contributed by atoms with van der Waals surface area (Å²) >= 11 is 0. The maximum Gasteiger partial charge on any atom is 0.268 e. The van der Waals surface area contributed by atoms with Gasteiger partial charge in [0.25, 0.3) is 5.91 Å².